The average Bonchev–Trinajstić information content (AvgIpc) is 2.76. The van der Waals surface area contributed by atoms with Crippen molar-refractivity contribution in [2.45, 2.75) is 25.7 Å². The molecular weight excluding hydrogens is 425 g/mol. The van der Waals surface area contributed by atoms with Gasteiger partial charge < -0.3 is 14.6 Å². The zero-order valence-electron chi connectivity index (χ0n) is 17.0. The van der Waals surface area contributed by atoms with E-state index in [9.17, 15) is 14.0 Å². The standard InChI is InChI=1S/C23H25ClFNO5/c24-20-10-9-19(12-21(20)25)26(18-7-2-1-3-8-18)23(29)31-14-17-6-4-5-16(11-17)13-30-15-22(27)28/h1-3,7-10,12,16-17H,4-6,11,13-15H2,(H,27,28). The molecule has 6 nitrogen and oxygen atoms in total. The number of para-hydroxylation sites is 1. The van der Waals surface area contributed by atoms with E-state index < -0.39 is 17.9 Å². The van der Waals surface area contributed by atoms with Gasteiger partial charge in [-0.2, -0.15) is 0 Å². The highest BCUT2D eigenvalue weighted by Crippen LogP contribution is 2.32. The van der Waals surface area contributed by atoms with Crippen LogP contribution in [0.2, 0.25) is 5.02 Å². The molecule has 0 spiro atoms. The van der Waals surface area contributed by atoms with Crippen molar-refractivity contribution < 1.29 is 28.6 Å². The molecule has 1 saturated carbocycles. The lowest BCUT2D eigenvalue weighted by atomic mass is 9.82. The molecule has 2 aromatic carbocycles. The van der Waals surface area contributed by atoms with Gasteiger partial charge in [0.25, 0.3) is 0 Å². The number of hydrogen-bond acceptors (Lipinski definition) is 4. The molecule has 0 radical (unpaired) electrons. The number of rotatable bonds is 8. The summed E-state index contributed by atoms with van der Waals surface area (Å²) < 4.78 is 24.9. The predicted octanol–water partition coefficient (Wildman–Crippen LogP) is 5.66. The van der Waals surface area contributed by atoms with Gasteiger partial charge >= 0.3 is 12.1 Å². The van der Waals surface area contributed by atoms with Gasteiger partial charge in [0.2, 0.25) is 0 Å². The minimum Gasteiger partial charge on any atom is -0.480 e. The number of carbonyl (C=O) groups excluding carboxylic acids is 1. The summed E-state index contributed by atoms with van der Waals surface area (Å²) in [7, 11) is 0. The Morgan fingerprint density at radius 2 is 1.77 bits per heavy atom. The van der Waals surface area contributed by atoms with Crippen LogP contribution in [0.15, 0.2) is 48.5 Å². The van der Waals surface area contributed by atoms with E-state index in [4.69, 9.17) is 26.2 Å². The summed E-state index contributed by atoms with van der Waals surface area (Å²) in [5.74, 6) is -1.20. The van der Waals surface area contributed by atoms with Crippen LogP contribution >= 0.6 is 11.6 Å². The third-order valence-corrected chi connectivity index (χ3v) is 5.58. The number of halogens is 2. The van der Waals surface area contributed by atoms with Gasteiger partial charge in [0.15, 0.2) is 0 Å². The number of carboxylic acid groups (broad SMARTS) is 1. The van der Waals surface area contributed by atoms with Crippen molar-refractivity contribution in [1.82, 2.24) is 0 Å². The van der Waals surface area contributed by atoms with E-state index >= 15 is 0 Å². The van der Waals surface area contributed by atoms with E-state index in [0.717, 1.165) is 25.7 Å². The lowest BCUT2D eigenvalue weighted by Gasteiger charge is -2.29. The first kappa shape index (κ1) is 23.0. The molecule has 31 heavy (non-hydrogen) atoms. The van der Waals surface area contributed by atoms with Crippen LogP contribution in [0.4, 0.5) is 20.6 Å². The normalized spacial score (nSPS) is 18.4. The number of aliphatic carboxylic acids is 1. The third-order valence-electron chi connectivity index (χ3n) is 5.27. The Kier molecular flexibility index (Phi) is 8.26. The highest BCUT2D eigenvalue weighted by molar-refractivity contribution is 6.30. The molecule has 2 aromatic rings. The molecule has 0 heterocycles. The first-order valence-corrected chi connectivity index (χ1v) is 10.6. The molecule has 0 saturated heterocycles. The first-order valence-electron chi connectivity index (χ1n) is 10.2. The average molecular weight is 450 g/mol. The molecule has 8 heteroatoms. The molecule has 0 aromatic heterocycles. The first-order chi connectivity index (χ1) is 14.9. The second-order valence-corrected chi connectivity index (χ2v) is 8.06. The predicted molar refractivity (Wildman–Crippen MR) is 115 cm³/mol. The largest absolute Gasteiger partial charge is 0.480 e. The number of ether oxygens (including phenoxy) is 2. The summed E-state index contributed by atoms with van der Waals surface area (Å²) in [5.41, 5.74) is 0.875. The Morgan fingerprint density at radius 1 is 1.06 bits per heavy atom. The van der Waals surface area contributed by atoms with Gasteiger partial charge in [0.05, 0.1) is 29.6 Å². The van der Waals surface area contributed by atoms with Crippen LogP contribution in [-0.4, -0.2) is 37.0 Å². The van der Waals surface area contributed by atoms with Crippen LogP contribution in [-0.2, 0) is 14.3 Å². The van der Waals surface area contributed by atoms with Gasteiger partial charge in [0.1, 0.15) is 12.4 Å². The fourth-order valence-corrected chi connectivity index (χ4v) is 3.95. The number of carbonyl (C=O) groups is 2. The molecule has 1 aliphatic carbocycles. The van der Waals surface area contributed by atoms with Crippen LogP contribution in [0, 0.1) is 17.7 Å². The molecule has 3 rings (SSSR count). The summed E-state index contributed by atoms with van der Waals surface area (Å²) in [6.45, 7) is 0.310. The topological polar surface area (TPSA) is 76.1 Å². The quantitative estimate of drug-likeness (QED) is 0.562. The Bertz CT molecular complexity index is 895. The zero-order chi connectivity index (χ0) is 22.2. The minimum absolute atomic E-state index is 0.0245. The maximum absolute atomic E-state index is 14.0. The number of amides is 1. The van der Waals surface area contributed by atoms with Gasteiger partial charge in [-0.25, -0.2) is 18.9 Å². The van der Waals surface area contributed by atoms with Crippen molar-refractivity contribution >= 4 is 35.0 Å². The van der Waals surface area contributed by atoms with Crippen LogP contribution in [0.25, 0.3) is 0 Å². The van der Waals surface area contributed by atoms with Crippen molar-refractivity contribution in [3.05, 3.63) is 59.4 Å². The highest BCUT2D eigenvalue weighted by Gasteiger charge is 2.26. The zero-order valence-corrected chi connectivity index (χ0v) is 17.8. The number of carboxylic acids is 1. The van der Waals surface area contributed by atoms with E-state index in [0.29, 0.717) is 18.0 Å². The van der Waals surface area contributed by atoms with Crippen molar-refractivity contribution in [3.8, 4) is 0 Å². The maximum atomic E-state index is 14.0. The summed E-state index contributed by atoms with van der Waals surface area (Å²) in [6, 6.07) is 13.0. The second kappa shape index (κ2) is 11.1. The molecule has 1 N–H and O–H groups in total. The highest BCUT2D eigenvalue weighted by atomic mass is 35.5. The van der Waals surface area contributed by atoms with Crippen LogP contribution in [0.3, 0.4) is 0 Å². The van der Waals surface area contributed by atoms with E-state index in [2.05, 4.69) is 0 Å². The van der Waals surface area contributed by atoms with Gasteiger partial charge in [-0.05, 0) is 61.4 Å². The Labute approximate surface area is 185 Å². The number of nitrogens with zero attached hydrogens (tertiary/aromatic N) is 1. The van der Waals surface area contributed by atoms with E-state index in [-0.39, 0.29) is 30.1 Å². The molecule has 0 aliphatic heterocycles. The van der Waals surface area contributed by atoms with Crippen LogP contribution in [0.1, 0.15) is 25.7 Å². The monoisotopic (exact) mass is 449 g/mol. The summed E-state index contributed by atoms with van der Waals surface area (Å²) in [6.07, 6.45) is 3.05. The maximum Gasteiger partial charge on any atom is 0.418 e. The minimum atomic E-state index is -0.985. The molecule has 1 aliphatic rings. The van der Waals surface area contributed by atoms with Crippen molar-refractivity contribution in [1.29, 1.82) is 0 Å². The number of benzene rings is 2. The van der Waals surface area contributed by atoms with Crippen molar-refractivity contribution in [2.75, 3.05) is 24.7 Å². The second-order valence-electron chi connectivity index (χ2n) is 7.65. The molecule has 2 atom stereocenters. The molecule has 166 valence electrons. The SMILES string of the molecule is O=C(O)COCC1CCCC(COC(=O)N(c2ccccc2)c2ccc(Cl)c(F)c2)C1. The molecular formula is C23H25ClFNO5. The van der Waals surface area contributed by atoms with E-state index in [1.54, 1.807) is 30.3 Å². The lowest BCUT2D eigenvalue weighted by molar-refractivity contribution is -0.142. The summed E-state index contributed by atoms with van der Waals surface area (Å²) in [4.78, 5) is 24.9. The summed E-state index contributed by atoms with van der Waals surface area (Å²) in [5, 5.41) is 8.67. The van der Waals surface area contributed by atoms with Gasteiger partial charge in [-0.1, -0.05) is 36.2 Å². The smallest absolute Gasteiger partial charge is 0.418 e. The van der Waals surface area contributed by atoms with E-state index in [1.807, 2.05) is 6.07 Å². The Hall–Kier alpha value is -2.64. The van der Waals surface area contributed by atoms with Crippen molar-refractivity contribution in [2.24, 2.45) is 11.8 Å². The number of hydrogen-bond donors (Lipinski definition) is 1. The molecule has 1 fully saturated rings. The van der Waals surface area contributed by atoms with Crippen LogP contribution < -0.4 is 4.90 Å². The van der Waals surface area contributed by atoms with Gasteiger partial charge in [-0.15, -0.1) is 0 Å². The van der Waals surface area contributed by atoms with Gasteiger partial charge in [0, 0.05) is 0 Å². The fourth-order valence-electron chi connectivity index (χ4n) is 3.83. The van der Waals surface area contributed by atoms with Crippen LogP contribution in [0.5, 0.6) is 0 Å². The third kappa shape index (κ3) is 6.67. The van der Waals surface area contributed by atoms with E-state index in [1.165, 1.54) is 17.0 Å². The Morgan fingerprint density at radius 3 is 2.45 bits per heavy atom. The molecule has 0 bridgehead atoms. The lowest BCUT2D eigenvalue weighted by Crippen LogP contribution is -2.30. The fraction of sp³-hybridized carbons (Fsp3) is 0.391. The number of anilines is 2. The summed E-state index contributed by atoms with van der Waals surface area (Å²) >= 11 is 5.79. The molecule has 2 unspecified atom stereocenters. The van der Waals surface area contributed by atoms with Crippen molar-refractivity contribution in [3.63, 3.8) is 0 Å². The van der Waals surface area contributed by atoms with Gasteiger partial charge in [-0.3, -0.25) is 0 Å². The molecule has 1 amide bonds. The Balaban J connectivity index is 1.64.